The maximum Gasteiger partial charge on any atom is 0.339 e. The molecule has 0 saturated heterocycles. The molecule has 104 valence electrons. The molecule has 1 aromatic carbocycles. The van der Waals surface area contributed by atoms with Gasteiger partial charge in [0.05, 0.1) is 16.3 Å². The Kier molecular flexibility index (Phi) is 3.80. The summed E-state index contributed by atoms with van der Waals surface area (Å²) in [6.07, 6.45) is 2.22. The summed E-state index contributed by atoms with van der Waals surface area (Å²) in [5.74, 6) is -1.72. The topological polar surface area (TPSA) is 97.2 Å². The number of aromatic nitrogens is 2. The third kappa shape index (κ3) is 3.00. The van der Waals surface area contributed by atoms with E-state index < -0.39 is 21.6 Å². The number of nitrogens with zero attached hydrogens (tertiary/aromatic N) is 2. The van der Waals surface area contributed by atoms with Gasteiger partial charge in [-0.05, 0) is 19.1 Å². The molecule has 0 fully saturated rings. The third-order valence-corrected chi connectivity index (χ3v) is 4.38. The zero-order valence-electron chi connectivity index (χ0n) is 10.6. The predicted molar refractivity (Wildman–Crippen MR) is 71.1 cm³/mol. The summed E-state index contributed by atoms with van der Waals surface area (Å²) < 4.78 is 24.5. The fourth-order valence-electron chi connectivity index (χ4n) is 1.66. The lowest BCUT2D eigenvalue weighted by molar-refractivity contribution is 0.0695. The van der Waals surface area contributed by atoms with Gasteiger partial charge < -0.3 is 5.11 Å². The molecule has 7 heteroatoms. The number of carbonyl (C=O) groups is 1. The summed E-state index contributed by atoms with van der Waals surface area (Å²) in [7, 11) is -3.64. The summed E-state index contributed by atoms with van der Waals surface area (Å²) in [5.41, 5.74) is 0.716. The van der Waals surface area contributed by atoms with Crippen molar-refractivity contribution in [2.75, 3.05) is 0 Å². The van der Waals surface area contributed by atoms with Crippen LogP contribution in [0.4, 0.5) is 0 Å². The van der Waals surface area contributed by atoms with Crippen LogP contribution in [0.3, 0.4) is 0 Å². The number of carboxylic acids is 1. The lowest BCUT2D eigenvalue weighted by Gasteiger charge is -2.06. The van der Waals surface area contributed by atoms with Gasteiger partial charge in [-0.25, -0.2) is 23.2 Å². The Morgan fingerprint density at radius 2 is 1.90 bits per heavy atom. The SMILES string of the molecule is Cc1ccc(S(=O)(=O)Cc2ncncc2C(=O)O)cc1. The molecule has 0 amide bonds. The number of benzene rings is 1. The minimum absolute atomic E-state index is 0.0203. The van der Waals surface area contributed by atoms with Gasteiger partial charge in [0.15, 0.2) is 9.84 Å². The number of sulfone groups is 1. The second kappa shape index (κ2) is 5.38. The van der Waals surface area contributed by atoms with Gasteiger partial charge in [-0.2, -0.15) is 0 Å². The molecule has 6 nitrogen and oxygen atoms in total. The maximum absolute atomic E-state index is 12.2. The van der Waals surface area contributed by atoms with Crippen LogP contribution in [0.1, 0.15) is 21.6 Å². The second-order valence-corrected chi connectivity index (χ2v) is 6.25. The molecular formula is C13H12N2O4S. The Bertz CT molecular complexity index is 739. The van der Waals surface area contributed by atoms with E-state index in [9.17, 15) is 13.2 Å². The maximum atomic E-state index is 12.2. The van der Waals surface area contributed by atoms with Crippen LogP contribution in [0, 0.1) is 6.92 Å². The molecule has 0 spiro atoms. The summed E-state index contributed by atoms with van der Waals surface area (Å²) in [4.78, 5) is 18.5. The van der Waals surface area contributed by atoms with Crippen molar-refractivity contribution in [2.24, 2.45) is 0 Å². The monoisotopic (exact) mass is 292 g/mol. The van der Waals surface area contributed by atoms with E-state index in [1.54, 1.807) is 12.1 Å². The summed E-state index contributed by atoms with van der Waals surface area (Å²) in [5, 5.41) is 8.99. The molecule has 0 atom stereocenters. The van der Waals surface area contributed by atoms with E-state index in [2.05, 4.69) is 9.97 Å². The van der Waals surface area contributed by atoms with Crippen LogP contribution in [0.5, 0.6) is 0 Å². The first-order valence-corrected chi connectivity index (χ1v) is 7.37. The van der Waals surface area contributed by atoms with E-state index in [-0.39, 0.29) is 16.2 Å². The number of hydrogen-bond donors (Lipinski definition) is 1. The van der Waals surface area contributed by atoms with E-state index in [4.69, 9.17) is 5.11 Å². The van der Waals surface area contributed by atoms with Crippen molar-refractivity contribution in [2.45, 2.75) is 17.6 Å². The van der Waals surface area contributed by atoms with Gasteiger partial charge in [0.1, 0.15) is 11.9 Å². The Balaban J connectivity index is 2.38. The molecule has 0 bridgehead atoms. The predicted octanol–water partition coefficient (Wildman–Crippen LogP) is 1.46. The number of aryl methyl sites for hydroxylation is 1. The summed E-state index contributed by atoms with van der Waals surface area (Å²) >= 11 is 0. The second-order valence-electron chi connectivity index (χ2n) is 4.26. The molecule has 0 aliphatic rings. The molecule has 20 heavy (non-hydrogen) atoms. The average molecular weight is 292 g/mol. The van der Waals surface area contributed by atoms with Crippen molar-refractivity contribution in [3.8, 4) is 0 Å². The van der Waals surface area contributed by atoms with Gasteiger partial charge in [0.2, 0.25) is 0 Å². The highest BCUT2D eigenvalue weighted by molar-refractivity contribution is 7.90. The standard InChI is InChI=1S/C13H12N2O4S/c1-9-2-4-10(5-3-9)20(18,19)7-12-11(13(16)17)6-14-8-15-12/h2-6,8H,7H2,1H3,(H,16,17). The molecule has 2 aromatic rings. The minimum Gasteiger partial charge on any atom is -0.478 e. The van der Waals surface area contributed by atoms with Crippen molar-refractivity contribution in [1.29, 1.82) is 0 Å². The van der Waals surface area contributed by atoms with Gasteiger partial charge in [-0.15, -0.1) is 0 Å². The van der Waals surface area contributed by atoms with Crippen molar-refractivity contribution in [1.82, 2.24) is 9.97 Å². The molecular weight excluding hydrogens is 280 g/mol. The van der Waals surface area contributed by atoms with Crippen molar-refractivity contribution < 1.29 is 18.3 Å². The van der Waals surface area contributed by atoms with E-state index in [0.29, 0.717) is 0 Å². The van der Waals surface area contributed by atoms with Crippen molar-refractivity contribution in [3.05, 3.63) is 53.6 Å². The van der Waals surface area contributed by atoms with Gasteiger partial charge in [0, 0.05) is 6.20 Å². The van der Waals surface area contributed by atoms with Crippen LogP contribution in [-0.4, -0.2) is 29.5 Å². The summed E-state index contributed by atoms with van der Waals surface area (Å²) in [6.45, 7) is 1.85. The number of rotatable bonds is 4. The van der Waals surface area contributed by atoms with Crippen molar-refractivity contribution in [3.63, 3.8) is 0 Å². The van der Waals surface area contributed by atoms with Crippen LogP contribution in [0.25, 0.3) is 0 Å². The van der Waals surface area contributed by atoms with Crippen molar-refractivity contribution >= 4 is 15.8 Å². The molecule has 1 heterocycles. The van der Waals surface area contributed by atoms with Gasteiger partial charge in [-0.1, -0.05) is 17.7 Å². The zero-order valence-corrected chi connectivity index (χ0v) is 11.5. The van der Waals surface area contributed by atoms with E-state index in [1.807, 2.05) is 6.92 Å². The highest BCUT2D eigenvalue weighted by Gasteiger charge is 2.20. The average Bonchev–Trinajstić information content (AvgIpc) is 2.39. The molecule has 2 rings (SSSR count). The Morgan fingerprint density at radius 3 is 2.50 bits per heavy atom. The molecule has 1 N–H and O–H groups in total. The number of carboxylic acid groups (broad SMARTS) is 1. The van der Waals surface area contributed by atoms with E-state index >= 15 is 0 Å². The molecule has 0 saturated carbocycles. The number of hydrogen-bond acceptors (Lipinski definition) is 5. The summed E-state index contributed by atoms with van der Waals surface area (Å²) in [6, 6.07) is 6.36. The smallest absolute Gasteiger partial charge is 0.339 e. The van der Waals surface area contributed by atoms with Gasteiger partial charge >= 0.3 is 5.97 Å². The fraction of sp³-hybridized carbons (Fsp3) is 0.154. The Morgan fingerprint density at radius 1 is 1.25 bits per heavy atom. The highest BCUT2D eigenvalue weighted by atomic mass is 32.2. The zero-order chi connectivity index (χ0) is 14.8. The molecule has 0 aliphatic carbocycles. The molecule has 0 aliphatic heterocycles. The highest BCUT2D eigenvalue weighted by Crippen LogP contribution is 2.17. The largest absolute Gasteiger partial charge is 0.478 e. The van der Waals surface area contributed by atoms with E-state index in [1.165, 1.54) is 12.1 Å². The van der Waals surface area contributed by atoms with Gasteiger partial charge in [-0.3, -0.25) is 0 Å². The van der Waals surface area contributed by atoms with Crippen LogP contribution < -0.4 is 0 Å². The van der Waals surface area contributed by atoms with Crippen LogP contribution in [0.15, 0.2) is 41.7 Å². The minimum atomic E-state index is -3.64. The molecule has 1 aromatic heterocycles. The Labute approximate surface area is 116 Å². The first-order valence-electron chi connectivity index (χ1n) is 5.72. The lowest BCUT2D eigenvalue weighted by atomic mass is 10.2. The van der Waals surface area contributed by atoms with Crippen LogP contribution >= 0.6 is 0 Å². The van der Waals surface area contributed by atoms with Crippen LogP contribution in [0.2, 0.25) is 0 Å². The van der Waals surface area contributed by atoms with E-state index in [0.717, 1.165) is 18.1 Å². The van der Waals surface area contributed by atoms with Crippen LogP contribution in [-0.2, 0) is 15.6 Å². The normalized spacial score (nSPS) is 11.2. The first-order chi connectivity index (χ1) is 9.40. The molecule has 0 radical (unpaired) electrons. The third-order valence-electron chi connectivity index (χ3n) is 2.73. The molecule has 0 unspecified atom stereocenters. The lowest BCUT2D eigenvalue weighted by Crippen LogP contribution is -2.12. The Hall–Kier alpha value is -2.28. The quantitative estimate of drug-likeness (QED) is 0.916. The first kappa shape index (κ1) is 14.1. The van der Waals surface area contributed by atoms with Gasteiger partial charge in [0.25, 0.3) is 0 Å². The fourth-order valence-corrected chi connectivity index (χ4v) is 2.96. The number of aromatic carboxylic acids is 1.